The van der Waals surface area contributed by atoms with Gasteiger partial charge in [-0.05, 0) is 42.7 Å². The second-order valence-electron chi connectivity index (χ2n) is 8.36. The lowest BCUT2D eigenvalue weighted by Crippen LogP contribution is -2.56. The smallest absolute Gasteiger partial charge is 0.319 e. The third-order valence-electron chi connectivity index (χ3n) is 5.58. The fourth-order valence-corrected chi connectivity index (χ4v) is 3.78. The quantitative estimate of drug-likeness (QED) is 0.661. The molecule has 0 spiro atoms. The SMILES string of the molecule is CCOc1ccc(CN2CCN(C(=O)C(NC(=O)Nc3ccccc3)C(C)C)CC2)cc1. The zero-order chi connectivity index (χ0) is 22.9. The van der Waals surface area contributed by atoms with Crippen LogP contribution >= 0.6 is 0 Å². The Labute approximate surface area is 190 Å². The van der Waals surface area contributed by atoms with Crippen molar-refractivity contribution in [2.75, 3.05) is 38.1 Å². The molecule has 0 saturated carbocycles. The number of anilines is 1. The Hall–Kier alpha value is -3.06. The Bertz CT molecular complexity index is 863. The van der Waals surface area contributed by atoms with E-state index in [9.17, 15) is 9.59 Å². The van der Waals surface area contributed by atoms with Gasteiger partial charge in [-0.15, -0.1) is 0 Å². The van der Waals surface area contributed by atoms with Crippen LogP contribution in [0.4, 0.5) is 10.5 Å². The summed E-state index contributed by atoms with van der Waals surface area (Å²) < 4.78 is 5.50. The molecule has 172 valence electrons. The van der Waals surface area contributed by atoms with Crippen LogP contribution in [0.5, 0.6) is 5.75 Å². The Morgan fingerprint density at radius 3 is 2.22 bits per heavy atom. The first-order valence-electron chi connectivity index (χ1n) is 11.3. The van der Waals surface area contributed by atoms with E-state index in [1.54, 1.807) is 0 Å². The summed E-state index contributed by atoms with van der Waals surface area (Å²) in [5.41, 5.74) is 1.93. The maximum atomic E-state index is 13.1. The Balaban J connectivity index is 1.50. The third-order valence-corrected chi connectivity index (χ3v) is 5.58. The lowest BCUT2D eigenvalue weighted by Gasteiger charge is -2.37. The number of ether oxygens (including phenoxy) is 1. The highest BCUT2D eigenvalue weighted by Crippen LogP contribution is 2.16. The van der Waals surface area contributed by atoms with Crippen LogP contribution in [-0.2, 0) is 11.3 Å². The predicted molar refractivity (Wildman–Crippen MR) is 127 cm³/mol. The summed E-state index contributed by atoms with van der Waals surface area (Å²) in [6, 6.07) is 16.5. The van der Waals surface area contributed by atoms with Gasteiger partial charge in [0, 0.05) is 38.4 Å². The molecule has 2 aromatic rings. The van der Waals surface area contributed by atoms with Gasteiger partial charge < -0.3 is 20.3 Å². The predicted octanol–water partition coefficient (Wildman–Crippen LogP) is 3.58. The summed E-state index contributed by atoms with van der Waals surface area (Å²) >= 11 is 0. The summed E-state index contributed by atoms with van der Waals surface area (Å²) in [5, 5.41) is 5.66. The normalized spacial score (nSPS) is 15.3. The largest absolute Gasteiger partial charge is 0.494 e. The molecular weight excluding hydrogens is 404 g/mol. The van der Waals surface area contributed by atoms with Crippen LogP contribution in [0.15, 0.2) is 54.6 Å². The molecule has 2 N–H and O–H groups in total. The van der Waals surface area contributed by atoms with E-state index in [0.29, 0.717) is 25.4 Å². The van der Waals surface area contributed by atoms with E-state index in [0.717, 1.165) is 25.4 Å². The number of nitrogens with one attached hydrogen (secondary N) is 2. The average molecular weight is 439 g/mol. The Morgan fingerprint density at radius 2 is 1.62 bits per heavy atom. The number of piperazine rings is 1. The molecule has 0 aromatic heterocycles. The lowest BCUT2D eigenvalue weighted by molar-refractivity contribution is -0.136. The summed E-state index contributed by atoms with van der Waals surface area (Å²) in [6.07, 6.45) is 0. The van der Waals surface area contributed by atoms with Crippen molar-refractivity contribution >= 4 is 17.6 Å². The fourth-order valence-electron chi connectivity index (χ4n) is 3.78. The van der Waals surface area contributed by atoms with Gasteiger partial charge in [0.15, 0.2) is 0 Å². The molecule has 1 atom stereocenters. The molecule has 1 fully saturated rings. The number of para-hydroxylation sites is 1. The van der Waals surface area contributed by atoms with Crippen molar-refractivity contribution in [2.45, 2.75) is 33.4 Å². The van der Waals surface area contributed by atoms with Crippen molar-refractivity contribution in [3.63, 3.8) is 0 Å². The maximum absolute atomic E-state index is 13.1. The second kappa shape index (κ2) is 11.5. The van der Waals surface area contributed by atoms with Crippen molar-refractivity contribution < 1.29 is 14.3 Å². The number of hydrogen-bond donors (Lipinski definition) is 2. The van der Waals surface area contributed by atoms with Gasteiger partial charge >= 0.3 is 6.03 Å². The molecular formula is C25H34N4O3. The van der Waals surface area contributed by atoms with Gasteiger partial charge in [0.25, 0.3) is 0 Å². The van der Waals surface area contributed by atoms with E-state index in [4.69, 9.17) is 4.74 Å². The zero-order valence-corrected chi connectivity index (χ0v) is 19.2. The number of nitrogens with zero attached hydrogens (tertiary/aromatic N) is 2. The topological polar surface area (TPSA) is 73.9 Å². The first kappa shape index (κ1) is 23.6. The molecule has 1 unspecified atom stereocenters. The number of urea groups is 1. The molecule has 2 aromatic carbocycles. The number of rotatable bonds is 8. The fraction of sp³-hybridized carbons (Fsp3) is 0.440. The lowest BCUT2D eigenvalue weighted by atomic mass is 10.0. The van der Waals surface area contributed by atoms with Crippen LogP contribution < -0.4 is 15.4 Å². The standard InChI is InChI=1S/C25H34N4O3/c1-4-32-22-12-10-20(11-13-22)18-28-14-16-29(17-15-28)24(30)23(19(2)3)27-25(31)26-21-8-6-5-7-9-21/h5-13,19,23H,4,14-18H2,1-3H3,(H2,26,27,31). The minimum atomic E-state index is -0.559. The van der Waals surface area contributed by atoms with E-state index < -0.39 is 6.04 Å². The molecule has 0 aliphatic carbocycles. The highest BCUT2D eigenvalue weighted by Gasteiger charge is 2.30. The van der Waals surface area contributed by atoms with Crippen LogP contribution in [0.25, 0.3) is 0 Å². The Kier molecular flexibility index (Phi) is 8.50. The van der Waals surface area contributed by atoms with Crippen LogP contribution in [0, 0.1) is 5.92 Å². The monoisotopic (exact) mass is 438 g/mol. The highest BCUT2D eigenvalue weighted by molar-refractivity contribution is 5.93. The molecule has 1 aliphatic rings. The van der Waals surface area contributed by atoms with E-state index in [-0.39, 0.29) is 17.9 Å². The zero-order valence-electron chi connectivity index (χ0n) is 19.2. The first-order valence-corrected chi connectivity index (χ1v) is 11.3. The molecule has 0 radical (unpaired) electrons. The molecule has 32 heavy (non-hydrogen) atoms. The molecule has 1 saturated heterocycles. The molecule has 1 aliphatic heterocycles. The number of carbonyl (C=O) groups excluding carboxylic acids is 2. The van der Waals surface area contributed by atoms with Gasteiger partial charge in [0.2, 0.25) is 5.91 Å². The van der Waals surface area contributed by atoms with Crippen molar-refractivity contribution in [1.82, 2.24) is 15.1 Å². The number of benzene rings is 2. The van der Waals surface area contributed by atoms with Crippen LogP contribution in [-0.4, -0.2) is 60.6 Å². The van der Waals surface area contributed by atoms with Gasteiger partial charge in [-0.3, -0.25) is 9.69 Å². The number of hydrogen-bond acceptors (Lipinski definition) is 4. The molecule has 7 heteroatoms. The molecule has 1 heterocycles. The number of carbonyl (C=O) groups is 2. The molecule has 0 bridgehead atoms. The van der Waals surface area contributed by atoms with E-state index >= 15 is 0 Å². The van der Waals surface area contributed by atoms with Crippen molar-refractivity contribution in [1.29, 1.82) is 0 Å². The van der Waals surface area contributed by atoms with E-state index in [1.165, 1.54) is 5.56 Å². The van der Waals surface area contributed by atoms with E-state index in [1.807, 2.05) is 68.1 Å². The van der Waals surface area contributed by atoms with Crippen molar-refractivity contribution in [2.24, 2.45) is 5.92 Å². The molecule has 3 amide bonds. The van der Waals surface area contributed by atoms with Crippen LogP contribution in [0.2, 0.25) is 0 Å². The van der Waals surface area contributed by atoms with Gasteiger partial charge in [-0.1, -0.05) is 44.2 Å². The van der Waals surface area contributed by atoms with Crippen molar-refractivity contribution in [3.05, 3.63) is 60.2 Å². The summed E-state index contributed by atoms with van der Waals surface area (Å²) in [5.74, 6) is 0.852. The van der Waals surface area contributed by atoms with Crippen molar-refractivity contribution in [3.8, 4) is 5.75 Å². The van der Waals surface area contributed by atoms with Gasteiger partial charge in [-0.25, -0.2) is 4.79 Å². The average Bonchev–Trinajstić information content (AvgIpc) is 2.79. The molecule has 3 rings (SSSR count). The first-order chi connectivity index (χ1) is 15.5. The highest BCUT2D eigenvalue weighted by atomic mass is 16.5. The van der Waals surface area contributed by atoms with Gasteiger partial charge in [0.1, 0.15) is 11.8 Å². The second-order valence-corrected chi connectivity index (χ2v) is 8.36. The summed E-state index contributed by atoms with van der Waals surface area (Å²) in [4.78, 5) is 29.8. The minimum Gasteiger partial charge on any atom is -0.494 e. The number of amides is 3. The van der Waals surface area contributed by atoms with Crippen LogP contribution in [0.1, 0.15) is 26.3 Å². The Morgan fingerprint density at radius 1 is 0.969 bits per heavy atom. The third kappa shape index (κ3) is 6.72. The summed E-state index contributed by atoms with van der Waals surface area (Å²) in [7, 11) is 0. The maximum Gasteiger partial charge on any atom is 0.319 e. The van der Waals surface area contributed by atoms with E-state index in [2.05, 4.69) is 27.7 Å². The minimum absolute atomic E-state index is 0.00842. The van der Waals surface area contributed by atoms with Crippen LogP contribution in [0.3, 0.4) is 0 Å². The van der Waals surface area contributed by atoms with Gasteiger partial charge in [0.05, 0.1) is 6.61 Å². The van der Waals surface area contributed by atoms with Gasteiger partial charge in [-0.2, -0.15) is 0 Å². The summed E-state index contributed by atoms with van der Waals surface area (Å²) in [6.45, 7) is 10.3. The molecule has 7 nitrogen and oxygen atoms in total.